The molecule has 2 aromatic heterocycles. The lowest BCUT2D eigenvalue weighted by Gasteiger charge is -2.33. The van der Waals surface area contributed by atoms with Crippen molar-refractivity contribution in [2.45, 2.75) is 110 Å². The SMILES string of the molecule is CCC(CC)COC(=O)[C@H](C)NP(=O)(N[C@@H](C)C(=O)OCC(CC)CC)OCC1O[C@@](C#N)(c2ccc3c(N)ncnn23)[C@](C)(O)[C@@H]1O. The second kappa shape index (κ2) is 16.5. The number of ether oxygens (including phenoxy) is 3. The van der Waals surface area contributed by atoms with E-state index in [-0.39, 0.29) is 36.6 Å². The molecule has 16 nitrogen and oxygen atoms in total. The van der Waals surface area contributed by atoms with E-state index in [4.69, 9.17) is 24.5 Å². The minimum atomic E-state index is -4.34. The average molecular weight is 696 g/mol. The molecule has 0 bridgehead atoms. The van der Waals surface area contributed by atoms with Gasteiger partial charge in [0.2, 0.25) is 5.60 Å². The van der Waals surface area contributed by atoms with Crippen molar-refractivity contribution in [3.63, 3.8) is 0 Å². The number of carbonyl (C=O) groups excluding carboxylic acids is 2. The Labute approximate surface area is 281 Å². The molecule has 0 amide bonds. The molecule has 3 heterocycles. The van der Waals surface area contributed by atoms with Gasteiger partial charge in [0.25, 0.3) is 0 Å². The Balaban J connectivity index is 1.86. The fraction of sp³-hybridized carbons (Fsp3) is 0.710. The predicted octanol–water partition coefficient (Wildman–Crippen LogP) is 2.58. The topological polar surface area (TPSA) is 233 Å². The number of carbonyl (C=O) groups is 2. The number of anilines is 1. The van der Waals surface area contributed by atoms with E-state index in [1.54, 1.807) is 0 Å². The zero-order valence-corrected chi connectivity index (χ0v) is 29.6. The number of nitrogen functional groups attached to an aromatic ring is 1. The average Bonchev–Trinajstić information content (AvgIpc) is 3.58. The molecule has 0 aromatic carbocycles. The number of aliphatic hydroxyl groups is 2. The van der Waals surface area contributed by atoms with Crippen molar-refractivity contribution in [1.29, 1.82) is 5.26 Å². The van der Waals surface area contributed by atoms with Crippen molar-refractivity contribution in [3.05, 3.63) is 24.2 Å². The lowest BCUT2D eigenvalue weighted by Crippen LogP contribution is -2.52. The van der Waals surface area contributed by atoms with E-state index >= 15 is 0 Å². The van der Waals surface area contributed by atoms with E-state index in [0.717, 1.165) is 25.7 Å². The molecule has 17 heteroatoms. The first-order valence-electron chi connectivity index (χ1n) is 16.3. The van der Waals surface area contributed by atoms with Crippen molar-refractivity contribution in [1.82, 2.24) is 24.8 Å². The van der Waals surface area contributed by atoms with Crippen LogP contribution < -0.4 is 15.9 Å². The number of nitrogens with two attached hydrogens (primary N) is 1. The van der Waals surface area contributed by atoms with E-state index in [1.165, 1.54) is 43.7 Å². The van der Waals surface area contributed by atoms with Gasteiger partial charge < -0.3 is 34.7 Å². The summed E-state index contributed by atoms with van der Waals surface area (Å²) in [4.78, 5) is 29.7. The molecule has 1 fully saturated rings. The van der Waals surface area contributed by atoms with E-state index in [1.807, 2.05) is 33.8 Å². The Morgan fingerprint density at radius 3 is 2.08 bits per heavy atom. The second-order valence-corrected chi connectivity index (χ2v) is 14.3. The molecule has 1 aliphatic heterocycles. The molecule has 268 valence electrons. The number of rotatable bonds is 18. The van der Waals surface area contributed by atoms with Gasteiger partial charge in [-0.05, 0) is 44.7 Å². The van der Waals surface area contributed by atoms with Crippen LogP contribution in [0.3, 0.4) is 0 Å². The van der Waals surface area contributed by atoms with Crippen molar-refractivity contribution in [2.75, 3.05) is 25.6 Å². The Hall–Kier alpha value is -3.16. The molecule has 6 atom stereocenters. The second-order valence-electron chi connectivity index (χ2n) is 12.4. The fourth-order valence-electron chi connectivity index (χ4n) is 5.45. The Kier molecular flexibility index (Phi) is 13.5. The lowest BCUT2D eigenvalue weighted by molar-refractivity contribution is -0.147. The third-order valence-electron chi connectivity index (χ3n) is 9.06. The Bertz CT molecular complexity index is 1450. The minimum absolute atomic E-state index is 0.0581. The van der Waals surface area contributed by atoms with E-state index in [9.17, 15) is 29.6 Å². The van der Waals surface area contributed by atoms with Gasteiger partial charge in [0, 0.05) is 0 Å². The first-order valence-corrected chi connectivity index (χ1v) is 18.0. The zero-order valence-electron chi connectivity index (χ0n) is 28.7. The molecular weight excluding hydrogens is 645 g/mol. The van der Waals surface area contributed by atoms with Crippen molar-refractivity contribution in [2.24, 2.45) is 11.8 Å². The fourth-order valence-corrected chi connectivity index (χ4v) is 7.26. The molecule has 1 saturated heterocycles. The number of hydrogen-bond acceptors (Lipinski definition) is 13. The normalized spacial score (nSPS) is 24.1. The molecule has 6 N–H and O–H groups in total. The van der Waals surface area contributed by atoms with Crippen LogP contribution in [0.2, 0.25) is 0 Å². The highest BCUT2D eigenvalue weighted by atomic mass is 31.2. The van der Waals surface area contributed by atoms with Gasteiger partial charge in [-0.15, -0.1) is 0 Å². The minimum Gasteiger partial charge on any atom is -0.464 e. The summed E-state index contributed by atoms with van der Waals surface area (Å²) in [5.74, 6) is -0.965. The largest absolute Gasteiger partial charge is 0.464 e. The molecule has 48 heavy (non-hydrogen) atoms. The number of nitrogens with one attached hydrogen (secondary N) is 2. The Morgan fingerprint density at radius 2 is 1.60 bits per heavy atom. The molecule has 0 aliphatic carbocycles. The van der Waals surface area contributed by atoms with Crippen molar-refractivity contribution >= 4 is 30.9 Å². The maximum atomic E-state index is 14.3. The van der Waals surface area contributed by atoms with Crippen LogP contribution in [0.1, 0.15) is 79.8 Å². The number of nitriles is 1. The standard InChI is InChI=1S/C31H50N7O9P/c1-8-21(9-2)14-44-28(40)19(5)36-48(43,37-20(6)29(41)45-15-22(10-3)11-4)46-16-24-26(39)30(7,42)31(17-32,47-24)25-13-12-23-27(33)34-18-35-38(23)25/h12-13,18-22,24,26,39,42H,8-11,14-16H2,1-7H3,(H2,33,34,35)(H2,36,37,43)/t19-,20-,24?,26+,30+,31-/m0/s1. The van der Waals surface area contributed by atoms with Crippen molar-refractivity contribution in [3.8, 4) is 6.07 Å². The van der Waals surface area contributed by atoms with E-state index < -0.39 is 61.7 Å². The van der Waals surface area contributed by atoms with E-state index in [0.29, 0.717) is 5.52 Å². The number of nitrogens with zero attached hydrogens (tertiary/aromatic N) is 4. The molecule has 1 unspecified atom stereocenters. The predicted molar refractivity (Wildman–Crippen MR) is 175 cm³/mol. The summed E-state index contributed by atoms with van der Waals surface area (Å²) < 4.78 is 38.2. The van der Waals surface area contributed by atoms with Crippen LogP contribution in [-0.4, -0.2) is 86.5 Å². The summed E-state index contributed by atoms with van der Waals surface area (Å²) in [5.41, 5.74) is 1.93. The van der Waals surface area contributed by atoms with Crippen LogP contribution in [0.4, 0.5) is 5.82 Å². The van der Waals surface area contributed by atoms with Gasteiger partial charge in [0.1, 0.15) is 47.8 Å². The number of fused-ring (bicyclic) bond motifs is 1. The van der Waals surface area contributed by atoms with Crippen LogP contribution in [0.5, 0.6) is 0 Å². The van der Waals surface area contributed by atoms with Gasteiger partial charge in [0.15, 0.2) is 5.82 Å². The van der Waals surface area contributed by atoms with Crippen LogP contribution in [0.15, 0.2) is 18.5 Å². The lowest BCUT2D eigenvalue weighted by atomic mass is 9.80. The smallest absolute Gasteiger partial charge is 0.342 e. The highest BCUT2D eigenvalue weighted by molar-refractivity contribution is 7.54. The van der Waals surface area contributed by atoms with Crippen LogP contribution in [0, 0.1) is 23.2 Å². The third-order valence-corrected chi connectivity index (χ3v) is 11.0. The number of hydrogen-bond donors (Lipinski definition) is 5. The summed E-state index contributed by atoms with van der Waals surface area (Å²) in [6.45, 7) is 11.7. The summed E-state index contributed by atoms with van der Waals surface area (Å²) in [6.07, 6.45) is 1.24. The molecule has 0 spiro atoms. The molecule has 1 aliphatic rings. The molecule has 3 rings (SSSR count). The summed E-state index contributed by atoms with van der Waals surface area (Å²) in [5, 5.41) is 42.5. The van der Waals surface area contributed by atoms with Gasteiger partial charge in [-0.3, -0.25) is 14.2 Å². The van der Waals surface area contributed by atoms with Crippen LogP contribution in [-0.2, 0) is 38.5 Å². The summed E-state index contributed by atoms with van der Waals surface area (Å²) >= 11 is 0. The third kappa shape index (κ3) is 8.34. The van der Waals surface area contributed by atoms with Gasteiger partial charge >= 0.3 is 19.6 Å². The molecule has 0 radical (unpaired) electrons. The number of aliphatic hydroxyl groups excluding tert-OH is 1. The Morgan fingerprint density at radius 1 is 1.08 bits per heavy atom. The van der Waals surface area contributed by atoms with Gasteiger partial charge in [0.05, 0.1) is 25.5 Å². The van der Waals surface area contributed by atoms with Crippen LogP contribution >= 0.6 is 7.67 Å². The van der Waals surface area contributed by atoms with Crippen LogP contribution in [0.25, 0.3) is 5.52 Å². The monoisotopic (exact) mass is 695 g/mol. The first-order chi connectivity index (χ1) is 22.6. The van der Waals surface area contributed by atoms with Crippen molar-refractivity contribution < 1.29 is 43.1 Å². The summed E-state index contributed by atoms with van der Waals surface area (Å²) in [6, 6.07) is 2.66. The highest BCUT2D eigenvalue weighted by Gasteiger charge is 2.65. The van der Waals surface area contributed by atoms with E-state index in [2.05, 4.69) is 20.3 Å². The first kappa shape index (κ1) is 39.3. The molecule has 0 saturated carbocycles. The highest BCUT2D eigenvalue weighted by Crippen LogP contribution is 2.49. The summed E-state index contributed by atoms with van der Waals surface area (Å²) in [7, 11) is -4.34. The maximum Gasteiger partial charge on any atom is 0.342 e. The number of aromatic nitrogens is 3. The quantitative estimate of drug-likeness (QED) is 0.111. The molecule has 2 aromatic rings. The molecular formula is C31H50N7O9P. The van der Waals surface area contributed by atoms with Gasteiger partial charge in [-0.1, -0.05) is 53.4 Å². The van der Waals surface area contributed by atoms with Gasteiger partial charge in [-0.25, -0.2) is 19.7 Å². The number of esters is 2. The zero-order chi connectivity index (χ0) is 35.9. The maximum absolute atomic E-state index is 14.3. The van der Waals surface area contributed by atoms with Gasteiger partial charge in [-0.2, -0.15) is 10.4 Å².